The lowest BCUT2D eigenvalue weighted by molar-refractivity contribution is 0.112. The zero-order valence-electron chi connectivity index (χ0n) is 9.83. The van der Waals surface area contributed by atoms with Crippen molar-refractivity contribution in [1.82, 2.24) is 0 Å². The van der Waals surface area contributed by atoms with E-state index in [1.54, 1.807) is 13.0 Å². The Bertz CT molecular complexity index is 464. The summed E-state index contributed by atoms with van der Waals surface area (Å²) in [5.41, 5.74) is 0.685. The first-order chi connectivity index (χ1) is 8.04. The molecule has 0 aliphatic rings. The van der Waals surface area contributed by atoms with E-state index in [0.717, 1.165) is 12.8 Å². The number of aldehydes is 1. The summed E-state index contributed by atoms with van der Waals surface area (Å²) < 4.78 is 0. The monoisotopic (exact) mass is 254 g/mol. The van der Waals surface area contributed by atoms with Gasteiger partial charge in [0.1, 0.15) is 11.5 Å². The van der Waals surface area contributed by atoms with E-state index in [-0.39, 0.29) is 27.6 Å². The molecule has 0 bridgehead atoms. The topological polar surface area (TPSA) is 57.5 Å². The SMILES string of the molecule is CCC/C=C/c1c(O)c(Cl)c(C)c(C=O)c1O. The Balaban J connectivity index is 3.39. The first kappa shape index (κ1) is 13.6. The van der Waals surface area contributed by atoms with Gasteiger partial charge in [-0.2, -0.15) is 0 Å². The Kier molecular flexibility index (Phi) is 4.58. The van der Waals surface area contributed by atoms with E-state index >= 15 is 0 Å². The number of rotatable bonds is 4. The molecule has 0 aliphatic heterocycles. The third-order valence-corrected chi connectivity index (χ3v) is 3.03. The molecule has 1 rings (SSSR count). The first-order valence-electron chi connectivity index (χ1n) is 5.40. The quantitative estimate of drug-likeness (QED) is 0.806. The van der Waals surface area contributed by atoms with Crippen molar-refractivity contribution in [2.45, 2.75) is 26.7 Å². The average Bonchev–Trinajstić information content (AvgIpc) is 2.32. The summed E-state index contributed by atoms with van der Waals surface area (Å²) in [5.74, 6) is -0.425. The molecule has 0 unspecified atom stereocenters. The molecule has 2 N–H and O–H groups in total. The van der Waals surface area contributed by atoms with Crippen LogP contribution in [0, 0.1) is 6.92 Å². The predicted molar refractivity (Wildman–Crippen MR) is 68.8 cm³/mol. The number of phenolic OH excluding ortho intramolecular Hbond substituents is 2. The van der Waals surface area contributed by atoms with Gasteiger partial charge in [0.25, 0.3) is 0 Å². The molecule has 0 spiro atoms. The molecule has 0 fully saturated rings. The van der Waals surface area contributed by atoms with Gasteiger partial charge in [0, 0.05) is 0 Å². The zero-order valence-corrected chi connectivity index (χ0v) is 10.6. The van der Waals surface area contributed by atoms with Gasteiger partial charge in [-0.05, 0) is 18.9 Å². The van der Waals surface area contributed by atoms with E-state index in [9.17, 15) is 15.0 Å². The summed E-state index contributed by atoms with van der Waals surface area (Å²) in [5, 5.41) is 19.8. The van der Waals surface area contributed by atoms with Crippen molar-refractivity contribution >= 4 is 24.0 Å². The van der Waals surface area contributed by atoms with Crippen molar-refractivity contribution in [1.29, 1.82) is 0 Å². The number of allylic oxidation sites excluding steroid dienone is 1. The Morgan fingerprint density at radius 2 is 1.88 bits per heavy atom. The normalized spacial score (nSPS) is 11.0. The highest BCUT2D eigenvalue weighted by molar-refractivity contribution is 6.33. The Morgan fingerprint density at radius 3 is 2.41 bits per heavy atom. The second-order valence-electron chi connectivity index (χ2n) is 3.77. The predicted octanol–water partition coefficient (Wildman–Crippen LogP) is 3.69. The minimum absolute atomic E-state index is 0.0982. The molecular formula is C13H15ClO3. The second kappa shape index (κ2) is 5.73. The van der Waals surface area contributed by atoms with Crippen molar-refractivity contribution in [3.05, 3.63) is 27.8 Å². The van der Waals surface area contributed by atoms with Crippen LogP contribution in [0.2, 0.25) is 5.02 Å². The van der Waals surface area contributed by atoms with Crippen LogP contribution in [0.1, 0.15) is 41.3 Å². The van der Waals surface area contributed by atoms with Crippen molar-refractivity contribution in [3.8, 4) is 11.5 Å². The lowest BCUT2D eigenvalue weighted by atomic mass is 10.0. The molecule has 1 aromatic carbocycles. The van der Waals surface area contributed by atoms with Crippen LogP contribution in [0.5, 0.6) is 11.5 Å². The third kappa shape index (κ3) is 2.61. The molecular weight excluding hydrogens is 240 g/mol. The van der Waals surface area contributed by atoms with Gasteiger partial charge in [-0.25, -0.2) is 0 Å². The van der Waals surface area contributed by atoms with Gasteiger partial charge in [-0.15, -0.1) is 0 Å². The van der Waals surface area contributed by atoms with Gasteiger partial charge < -0.3 is 10.2 Å². The van der Waals surface area contributed by atoms with Crippen LogP contribution in [0.3, 0.4) is 0 Å². The molecule has 0 radical (unpaired) electrons. The summed E-state index contributed by atoms with van der Waals surface area (Å²) in [6.07, 6.45) is 5.70. The fourth-order valence-corrected chi connectivity index (χ4v) is 1.72. The maximum absolute atomic E-state index is 10.9. The van der Waals surface area contributed by atoms with E-state index in [4.69, 9.17) is 11.6 Å². The molecule has 4 heteroatoms. The van der Waals surface area contributed by atoms with Crippen LogP contribution in [0.4, 0.5) is 0 Å². The second-order valence-corrected chi connectivity index (χ2v) is 4.15. The molecule has 0 aliphatic carbocycles. The number of unbranched alkanes of at least 4 members (excludes halogenated alkanes) is 1. The Hall–Kier alpha value is -1.48. The molecule has 3 nitrogen and oxygen atoms in total. The van der Waals surface area contributed by atoms with Crippen molar-refractivity contribution in [3.63, 3.8) is 0 Å². The van der Waals surface area contributed by atoms with Gasteiger partial charge >= 0.3 is 0 Å². The summed E-state index contributed by atoms with van der Waals surface area (Å²) in [4.78, 5) is 10.9. The van der Waals surface area contributed by atoms with Gasteiger partial charge in [0.2, 0.25) is 0 Å². The number of hydrogen-bond donors (Lipinski definition) is 2. The number of carbonyl (C=O) groups excluding carboxylic acids is 1. The number of aromatic hydroxyl groups is 2. The van der Waals surface area contributed by atoms with Gasteiger partial charge in [0.05, 0.1) is 16.1 Å². The minimum atomic E-state index is -0.230. The molecule has 17 heavy (non-hydrogen) atoms. The summed E-state index contributed by atoms with van der Waals surface area (Å²) in [6.45, 7) is 3.59. The van der Waals surface area contributed by atoms with E-state index in [0.29, 0.717) is 11.8 Å². The molecule has 0 heterocycles. The highest BCUT2D eigenvalue weighted by Gasteiger charge is 2.18. The Morgan fingerprint density at radius 1 is 1.24 bits per heavy atom. The highest BCUT2D eigenvalue weighted by Crippen LogP contribution is 2.40. The maximum atomic E-state index is 10.9. The molecule has 92 valence electrons. The highest BCUT2D eigenvalue weighted by atomic mass is 35.5. The van der Waals surface area contributed by atoms with Crippen LogP contribution in [-0.4, -0.2) is 16.5 Å². The third-order valence-electron chi connectivity index (χ3n) is 2.56. The number of carbonyl (C=O) groups is 1. The number of halogens is 1. The smallest absolute Gasteiger partial charge is 0.154 e. The number of benzene rings is 1. The summed E-state index contributed by atoms with van der Waals surface area (Å²) in [6, 6.07) is 0. The molecule has 0 saturated heterocycles. The molecule has 0 amide bonds. The maximum Gasteiger partial charge on any atom is 0.154 e. The van der Waals surface area contributed by atoms with Gasteiger partial charge in [-0.3, -0.25) is 4.79 Å². The van der Waals surface area contributed by atoms with Crippen LogP contribution in [-0.2, 0) is 0 Å². The number of phenols is 2. The van der Waals surface area contributed by atoms with E-state index in [1.807, 2.05) is 13.0 Å². The van der Waals surface area contributed by atoms with Crippen LogP contribution in [0.15, 0.2) is 6.08 Å². The summed E-state index contributed by atoms with van der Waals surface area (Å²) >= 11 is 5.90. The fourth-order valence-electron chi connectivity index (χ4n) is 1.52. The van der Waals surface area contributed by atoms with Crippen molar-refractivity contribution in [2.75, 3.05) is 0 Å². The lowest BCUT2D eigenvalue weighted by Gasteiger charge is -2.11. The largest absolute Gasteiger partial charge is 0.506 e. The minimum Gasteiger partial charge on any atom is -0.506 e. The van der Waals surface area contributed by atoms with Crippen molar-refractivity contribution < 1.29 is 15.0 Å². The van der Waals surface area contributed by atoms with E-state index < -0.39 is 0 Å². The molecule has 1 aromatic rings. The lowest BCUT2D eigenvalue weighted by Crippen LogP contribution is -1.93. The van der Waals surface area contributed by atoms with Crippen molar-refractivity contribution in [2.24, 2.45) is 0 Å². The van der Waals surface area contributed by atoms with Gasteiger partial charge in [0.15, 0.2) is 6.29 Å². The molecule has 0 saturated carbocycles. The standard InChI is InChI=1S/C13H15ClO3/c1-3-4-5-6-9-12(16)10(7-15)8(2)11(14)13(9)17/h5-7,16-17H,3-4H2,1-2H3/b6-5+. The van der Waals surface area contributed by atoms with E-state index in [1.165, 1.54) is 0 Å². The zero-order chi connectivity index (χ0) is 13.0. The summed E-state index contributed by atoms with van der Waals surface area (Å²) in [7, 11) is 0. The molecule has 0 atom stereocenters. The van der Waals surface area contributed by atoms with Crippen LogP contribution >= 0.6 is 11.6 Å². The average molecular weight is 255 g/mol. The van der Waals surface area contributed by atoms with Crippen LogP contribution < -0.4 is 0 Å². The fraction of sp³-hybridized carbons (Fsp3) is 0.308. The number of hydrogen-bond acceptors (Lipinski definition) is 3. The Labute approximate surface area is 105 Å². The first-order valence-corrected chi connectivity index (χ1v) is 5.78. The molecule has 0 aromatic heterocycles. The van der Waals surface area contributed by atoms with Gasteiger partial charge in [-0.1, -0.05) is 37.1 Å². The van der Waals surface area contributed by atoms with E-state index in [2.05, 4.69) is 0 Å². The van der Waals surface area contributed by atoms with Crippen LogP contribution in [0.25, 0.3) is 6.08 Å².